The molecular weight excluding hydrogens is 499 g/mol. The van der Waals surface area contributed by atoms with Crippen molar-refractivity contribution in [1.29, 1.82) is 0 Å². The van der Waals surface area contributed by atoms with Gasteiger partial charge in [-0.15, -0.1) is 0 Å². The molecule has 2 atom stereocenters. The zero-order valence-electron chi connectivity index (χ0n) is 22.3. The maximum absolute atomic E-state index is 12.8. The molecule has 0 spiro atoms. The van der Waals surface area contributed by atoms with E-state index in [-0.39, 0.29) is 32.7 Å². The van der Waals surface area contributed by atoms with E-state index in [2.05, 4.69) is 10.6 Å². The lowest BCUT2D eigenvalue weighted by atomic mass is 9.87. The van der Waals surface area contributed by atoms with E-state index >= 15 is 0 Å². The number of phosphoric ester groups is 1. The van der Waals surface area contributed by atoms with Gasteiger partial charge in [-0.2, -0.15) is 0 Å². The van der Waals surface area contributed by atoms with E-state index in [0.717, 1.165) is 0 Å². The van der Waals surface area contributed by atoms with E-state index in [4.69, 9.17) is 27.8 Å². The molecule has 1 fully saturated rings. The Balaban J connectivity index is 2.47. The maximum atomic E-state index is 12.8. The Morgan fingerprint density at radius 2 is 1.64 bits per heavy atom. The summed E-state index contributed by atoms with van der Waals surface area (Å²) in [5, 5.41) is 4.89. The van der Waals surface area contributed by atoms with Gasteiger partial charge in [0, 0.05) is 12.0 Å². The quantitative estimate of drug-likeness (QED) is 0.138. The Labute approximate surface area is 211 Å². The molecule has 0 bridgehead atoms. The van der Waals surface area contributed by atoms with Gasteiger partial charge in [-0.1, -0.05) is 13.8 Å². The molecule has 1 unspecified atom stereocenters. The number of phosphoric acid groups is 1. The van der Waals surface area contributed by atoms with Gasteiger partial charge >= 0.3 is 25.9 Å². The second-order valence-electron chi connectivity index (χ2n) is 10.8. The van der Waals surface area contributed by atoms with Crippen molar-refractivity contribution < 1.29 is 51.5 Å². The molecule has 0 saturated carbocycles. The summed E-state index contributed by atoms with van der Waals surface area (Å²) in [7, 11) is -4.23. The molecule has 1 rings (SSSR count). The predicted molar refractivity (Wildman–Crippen MR) is 127 cm³/mol. The highest BCUT2D eigenvalue weighted by atomic mass is 31.2. The summed E-state index contributed by atoms with van der Waals surface area (Å²) in [6, 6.07) is 0. The number of ether oxygens (including phenoxy) is 3. The third-order valence-electron chi connectivity index (χ3n) is 4.44. The Kier molecular flexibility index (Phi) is 11.4. The summed E-state index contributed by atoms with van der Waals surface area (Å²) in [5.41, 5.74) is -2.17. The molecule has 208 valence electrons. The van der Waals surface area contributed by atoms with Crippen LogP contribution in [0.4, 0.5) is 4.79 Å². The van der Waals surface area contributed by atoms with Gasteiger partial charge in [0.25, 0.3) is 0 Å². The lowest BCUT2D eigenvalue weighted by molar-refractivity contribution is -0.155. The number of hydrogen-bond acceptors (Lipinski definition) is 11. The second kappa shape index (κ2) is 12.8. The third kappa shape index (κ3) is 11.7. The number of esters is 2. The molecule has 36 heavy (non-hydrogen) atoms. The molecule has 1 aliphatic heterocycles. The molecule has 14 heteroatoms. The largest absolute Gasteiger partial charge is 0.478 e. The SMILES string of the molecule is CC(C)(C)OC(=O)CCNC(=O)[C@@H]1OP(=O)(OCOC(=O)NCCOC(=O)C(C)(C)C)OCC1(C)C. The van der Waals surface area contributed by atoms with Crippen LogP contribution in [0.3, 0.4) is 0 Å². The highest BCUT2D eigenvalue weighted by Crippen LogP contribution is 2.57. The van der Waals surface area contributed by atoms with Crippen molar-refractivity contribution in [2.75, 3.05) is 33.1 Å². The first-order valence-corrected chi connectivity index (χ1v) is 13.0. The number of carbonyl (C=O) groups excluding carboxylic acids is 4. The van der Waals surface area contributed by atoms with Gasteiger partial charge in [0.1, 0.15) is 12.2 Å². The van der Waals surface area contributed by atoms with Crippen LogP contribution >= 0.6 is 7.82 Å². The van der Waals surface area contributed by atoms with E-state index in [0.29, 0.717) is 0 Å². The van der Waals surface area contributed by atoms with Gasteiger partial charge < -0.3 is 24.8 Å². The fourth-order valence-electron chi connectivity index (χ4n) is 2.58. The van der Waals surface area contributed by atoms with E-state index in [9.17, 15) is 23.7 Å². The van der Waals surface area contributed by atoms with Crippen LogP contribution in [-0.2, 0) is 46.7 Å². The first-order valence-electron chi connectivity index (χ1n) is 11.5. The number of amides is 2. The molecular formula is C22H39N2O11P. The molecule has 0 aromatic heterocycles. The first-order chi connectivity index (χ1) is 16.3. The number of carbonyl (C=O) groups is 4. The summed E-state index contributed by atoms with van der Waals surface area (Å²) in [6.07, 6.45) is -2.19. The summed E-state index contributed by atoms with van der Waals surface area (Å²) < 4.78 is 43.3. The molecule has 0 aromatic rings. The van der Waals surface area contributed by atoms with E-state index in [1.54, 1.807) is 55.4 Å². The molecule has 0 radical (unpaired) electrons. The van der Waals surface area contributed by atoms with Gasteiger partial charge in [-0.05, 0) is 41.5 Å². The van der Waals surface area contributed by atoms with Gasteiger partial charge in [0.2, 0.25) is 12.7 Å². The summed E-state index contributed by atoms with van der Waals surface area (Å²) in [6.45, 7) is 12.6. The van der Waals surface area contributed by atoms with Crippen LogP contribution in [0.5, 0.6) is 0 Å². The maximum Gasteiger partial charge on any atom is 0.478 e. The Bertz CT molecular complexity index is 846. The highest BCUT2D eigenvalue weighted by Gasteiger charge is 2.49. The zero-order valence-corrected chi connectivity index (χ0v) is 23.2. The van der Waals surface area contributed by atoms with Crippen LogP contribution in [0.1, 0.15) is 61.8 Å². The van der Waals surface area contributed by atoms with Crippen molar-refractivity contribution in [3.63, 3.8) is 0 Å². The second-order valence-corrected chi connectivity index (χ2v) is 12.4. The zero-order chi connectivity index (χ0) is 27.8. The van der Waals surface area contributed by atoms with Gasteiger partial charge in [-0.3, -0.25) is 23.4 Å². The smallest absolute Gasteiger partial charge is 0.463 e. The highest BCUT2D eigenvalue weighted by molar-refractivity contribution is 7.48. The number of nitrogens with one attached hydrogen (secondary N) is 2. The van der Waals surface area contributed by atoms with Gasteiger partial charge in [0.05, 0.1) is 25.0 Å². The molecule has 0 aromatic carbocycles. The van der Waals surface area contributed by atoms with Crippen LogP contribution < -0.4 is 10.6 Å². The van der Waals surface area contributed by atoms with E-state index < -0.39 is 61.1 Å². The third-order valence-corrected chi connectivity index (χ3v) is 5.78. The fourth-order valence-corrected chi connectivity index (χ4v) is 4.08. The molecule has 1 saturated heterocycles. The van der Waals surface area contributed by atoms with Crippen molar-refractivity contribution in [2.45, 2.75) is 73.5 Å². The molecule has 13 nitrogen and oxygen atoms in total. The Morgan fingerprint density at radius 1 is 1.00 bits per heavy atom. The minimum absolute atomic E-state index is 0.00888. The fraction of sp³-hybridized carbons (Fsp3) is 0.818. The average molecular weight is 539 g/mol. The minimum Gasteiger partial charge on any atom is -0.463 e. The van der Waals surface area contributed by atoms with E-state index in [1.165, 1.54) is 0 Å². The van der Waals surface area contributed by atoms with Crippen molar-refractivity contribution in [3.05, 3.63) is 0 Å². The van der Waals surface area contributed by atoms with Gasteiger partial charge in [0.15, 0.2) is 6.10 Å². The van der Waals surface area contributed by atoms with Crippen LogP contribution in [0.15, 0.2) is 0 Å². The van der Waals surface area contributed by atoms with Crippen LogP contribution in [0.25, 0.3) is 0 Å². The van der Waals surface area contributed by atoms with Crippen molar-refractivity contribution in [2.24, 2.45) is 10.8 Å². The molecule has 2 N–H and O–H groups in total. The van der Waals surface area contributed by atoms with Crippen molar-refractivity contribution in [3.8, 4) is 0 Å². The van der Waals surface area contributed by atoms with Crippen molar-refractivity contribution in [1.82, 2.24) is 10.6 Å². The van der Waals surface area contributed by atoms with E-state index in [1.807, 2.05) is 0 Å². The number of alkyl carbamates (subject to hydrolysis) is 1. The summed E-state index contributed by atoms with van der Waals surface area (Å²) >= 11 is 0. The minimum atomic E-state index is -4.23. The lowest BCUT2D eigenvalue weighted by Crippen LogP contribution is -2.50. The Morgan fingerprint density at radius 3 is 2.22 bits per heavy atom. The van der Waals surface area contributed by atoms with Crippen LogP contribution in [-0.4, -0.2) is 68.7 Å². The van der Waals surface area contributed by atoms with Crippen LogP contribution in [0, 0.1) is 10.8 Å². The summed E-state index contributed by atoms with van der Waals surface area (Å²) in [5.74, 6) is -1.51. The standard InChI is InChI=1S/C22H39N2O11P/c1-20(2,3)18(27)30-12-11-24-19(28)31-14-33-36(29)32-13-22(7,8)16(35-36)17(26)23-10-9-15(25)34-21(4,5)6/h16H,9-14H2,1-8H3,(H,23,26)(H,24,28)/t16-,36?/m0/s1. The molecule has 1 heterocycles. The molecule has 0 aliphatic carbocycles. The monoisotopic (exact) mass is 538 g/mol. The lowest BCUT2D eigenvalue weighted by Gasteiger charge is -2.39. The van der Waals surface area contributed by atoms with Crippen LogP contribution in [0.2, 0.25) is 0 Å². The average Bonchev–Trinajstić information content (AvgIpc) is 2.71. The Hall–Kier alpha value is -2.21. The molecule has 1 aliphatic rings. The van der Waals surface area contributed by atoms with Gasteiger partial charge in [-0.25, -0.2) is 13.9 Å². The topological polar surface area (TPSA) is 165 Å². The van der Waals surface area contributed by atoms with Crippen molar-refractivity contribution >= 4 is 31.8 Å². The number of hydrogen-bond donors (Lipinski definition) is 2. The normalized spacial score (nSPS) is 21.7. The summed E-state index contributed by atoms with van der Waals surface area (Å²) in [4.78, 5) is 47.9. The first kappa shape index (κ1) is 31.8. The molecule has 2 amide bonds. The number of rotatable bonds is 10. The predicted octanol–water partition coefficient (Wildman–Crippen LogP) is 2.67.